The molecule has 1 aromatic carbocycles. The molecule has 0 amide bonds. The first kappa shape index (κ1) is 23.5. The lowest BCUT2D eigenvalue weighted by atomic mass is 10.1. The maximum Gasteiger partial charge on any atom is 0.323 e. The van der Waals surface area contributed by atoms with Crippen molar-refractivity contribution < 1.29 is 24.1 Å². The Morgan fingerprint density at radius 2 is 2.04 bits per heavy atom. The van der Waals surface area contributed by atoms with E-state index < -0.39 is 0 Å². The molecule has 28 heavy (non-hydrogen) atoms. The van der Waals surface area contributed by atoms with E-state index in [9.17, 15) is 4.79 Å². The number of aliphatic hydroxyl groups is 1. The van der Waals surface area contributed by atoms with Gasteiger partial charge in [-0.1, -0.05) is 37.4 Å². The number of likely N-dealkylation sites (N-methyl/N-ethyl adjacent to an activating group) is 1. The summed E-state index contributed by atoms with van der Waals surface area (Å²) in [4.78, 5) is 12.0. The van der Waals surface area contributed by atoms with Crippen molar-refractivity contribution in [1.29, 1.82) is 0 Å². The van der Waals surface area contributed by atoms with E-state index in [-0.39, 0.29) is 30.0 Å². The van der Waals surface area contributed by atoms with E-state index >= 15 is 0 Å². The minimum absolute atomic E-state index is 0.124. The van der Waals surface area contributed by atoms with Crippen LogP contribution in [0.4, 0.5) is 0 Å². The molecule has 0 bridgehead atoms. The molecular formula is C22H31NO5. The standard InChI is InChI=1S/C16H23NO4.C6H8O/c1-12-10-14(21-13-6-4-3-5-7-13)11-19-9-8-15(17-2)16(18)20-12;1-3-5-6(7)4-2/h3-7,12,14-15,17H,8-11H2,1-2H3;3-5,7H,1-2H2/b;6-5+/t12?,14?,15-;/m0./s1. The summed E-state index contributed by atoms with van der Waals surface area (Å²) in [6, 6.07) is 9.31. The van der Waals surface area contributed by atoms with Crippen LogP contribution in [0.3, 0.4) is 0 Å². The van der Waals surface area contributed by atoms with E-state index in [1.54, 1.807) is 7.05 Å². The molecule has 1 fully saturated rings. The van der Waals surface area contributed by atoms with Crippen LogP contribution in [0.15, 0.2) is 67.5 Å². The van der Waals surface area contributed by atoms with Crippen molar-refractivity contribution in [2.75, 3.05) is 20.3 Å². The maximum absolute atomic E-state index is 12.0. The Kier molecular flexibility index (Phi) is 11.4. The number of hydrogen-bond donors (Lipinski definition) is 2. The summed E-state index contributed by atoms with van der Waals surface area (Å²) in [6.45, 7) is 9.56. The molecule has 6 heteroatoms. The van der Waals surface area contributed by atoms with Gasteiger partial charge in [0.15, 0.2) is 0 Å². The molecule has 0 aliphatic carbocycles. The van der Waals surface area contributed by atoms with Gasteiger partial charge in [-0.05, 0) is 44.7 Å². The Hall–Kier alpha value is -2.57. The number of carbonyl (C=O) groups is 1. The monoisotopic (exact) mass is 389 g/mol. The molecule has 1 aliphatic heterocycles. The summed E-state index contributed by atoms with van der Waals surface area (Å²) >= 11 is 0. The molecule has 1 aliphatic rings. The van der Waals surface area contributed by atoms with E-state index in [4.69, 9.17) is 19.3 Å². The highest BCUT2D eigenvalue weighted by Crippen LogP contribution is 2.16. The van der Waals surface area contributed by atoms with Crippen LogP contribution in [0.1, 0.15) is 19.8 Å². The lowest BCUT2D eigenvalue weighted by Gasteiger charge is -2.26. The fraction of sp³-hybridized carbons (Fsp3) is 0.409. The van der Waals surface area contributed by atoms with Gasteiger partial charge in [0, 0.05) is 13.0 Å². The number of ether oxygens (including phenoxy) is 3. The topological polar surface area (TPSA) is 77.0 Å². The number of cyclic esters (lactones) is 1. The Bertz CT molecular complexity index is 629. The summed E-state index contributed by atoms with van der Waals surface area (Å²) in [6.07, 6.45) is 5.19. The van der Waals surface area contributed by atoms with Crippen LogP contribution in [0.5, 0.6) is 5.75 Å². The van der Waals surface area contributed by atoms with E-state index in [2.05, 4.69) is 18.5 Å². The number of para-hydroxylation sites is 1. The fourth-order valence-electron chi connectivity index (χ4n) is 2.53. The summed E-state index contributed by atoms with van der Waals surface area (Å²) in [7, 11) is 1.75. The van der Waals surface area contributed by atoms with E-state index in [0.717, 1.165) is 5.75 Å². The first-order valence-electron chi connectivity index (χ1n) is 9.31. The third-order valence-corrected chi connectivity index (χ3v) is 3.94. The SMILES string of the molecule is C=C/C=C(/O)C=C.CN[C@H]1CCOCC(Oc2ccccc2)CC(C)OC1=O. The Balaban J connectivity index is 0.000000480. The molecule has 0 saturated carbocycles. The number of aliphatic hydroxyl groups excluding tert-OH is 1. The first-order chi connectivity index (χ1) is 13.5. The molecule has 3 atom stereocenters. The van der Waals surface area contributed by atoms with Gasteiger partial charge in [0.2, 0.25) is 0 Å². The average molecular weight is 389 g/mol. The number of carbonyl (C=O) groups excluding carboxylic acids is 1. The molecule has 2 unspecified atom stereocenters. The molecule has 0 spiro atoms. The van der Waals surface area contributed by atoms with Crippen molar-refractivity contribution in [3.05, 3.63) is 67.5 Å². The Labute approximate surface area is 167 Å². The zero-order valence-corrected chi connectivity index (χ0v) is 16.7. The normalized spacial score (nSPS) is 23.4. The quantitative estimate of drug-likeness (QED) is 0.455. The van der Waals surface area contributed by atoms with Crippen LogP contribution in [-0.2, 0) is 14.3 Å². The summed E-state index contributed by atoms with van der Waals surface area (Å²) in [5.41, 5.74) is 0. The highest BCUT2D eigenvalue weighted by atomic mass is 16.6. The number of rotatable bonds is 5. The van der Waals surface area contributed by atoms with Crippen molar-refractivity contribution >= 4 is 5.97 Å². The largest absolute Gasteiger partial charge is 0.508 e. The second kappa shape index (κ2) is 13.6. The zero-order valence-electron chi connectivity index (χ0n) is 16.7. The molecule has 1 saturated heterocycles. The molecule has 0 radical (unpaired) electrons. The van der Waals surface area contributed by atoms with E-state index in [1.807, 2.05) is 37.3 Å². The number of allylic oxidation sites excluding steroid dienone is 3. The second-order valence-electron chi connectivity index (χ2n) is 6.27. The number of nitrogens with one attached hydrogen (secondary N) is 1. The van der Waals surface area contributed by atoms with Crippen molar-refractivity contribution in [1.82, 2.24) is 5.32 Å². The predicted octanol–water partition coefficient (Wildman–Crippen LogP) is 3.56. The van der Waals surface area contributed by atoms with Crippen molar-refractivity contribution in [3.8, 4) is 5.75 Å². The van der Waals surface area contributed by atoms with Gasteiger partial charge < -0.3 is 24.6 Å². The molecule has 154 valence electrons. The van der Waals surface area contributed by atoms with Gasteiger partial charge in [0.1, 0.15) is 29.8 Å². The number of benzene rings is 1. The van der Waals surface area contributed by atoms with Crippen molar-refractivity contribution in [2.45, 2.75) is 38.0 Å². The van der Waals surface area contributed by atoms with E-state index in [0.29, 0.717) is 26.1 Å². The highest BCUT2D eigenvalue weighted by Gasteiger charge is 2.25. The highest BCUT2D eigenvalue weighted by molar-refractivity contribution is 5.75. The average Bonchev–Trinajstić information content (AvgIpc) is 2.68. The van der Waals surface area contributed by atoms with Gasteiger partial charge in [0.25, 0.3) is 0 Å². The van der Waals surface area contributed by atoms with Crippen LogP contribution < -0.4 is 10.1 Å². The maximum atomic E-state index is 12.0. The molecule has 1 aromatic rings. The van der Waals surface area contributed by atoms with E-state index in [1.165, 1.54) is 18.2 Å². The fourth-order valence-corrected chi connectivity index (χ4v) is 2.53. The molecule has 2 N–H and O–H groups in total. The molecular weight excluding hydrogens is 358 g/mol. The molecule has 2 rings (SSSR count). The van der Waals surface area contributed by atoms with Gasteiger partial charge in [-0.25, -0.2) is 0 Å². The second-order valence-corrected chi connectivity index (χ2v) is 6.27. The summed E-state index contributed by atoms with van der Waals surface area (Å²) in [5, 5.41) is 11.5. The van der Waals surface area contributed by atoms with Gasteiger partial charge in [-0.3, -0.25) is 4.79 Å². The van der Waals surface area contributed by atoms with Gasteiger partial charge in [0.05, 0.1) is 6.61 Å². The summed E-state index contributed by atoms with van der Waals surface area (Å²) < 4.78 is 17.0. The van der Waals surface area contributed by atoms with Gasteiger partial charge in [-0.15, -0.1) is 0 Å². The van der Waals surface area contributed by atoms with Gasteiger partial charge >= 0.3 is 5.97 Å². The molecule has 0 aromatic heterocycles. The first-order valence-corrected chi connectivity index (χ1v) is 9.31. The van der Waals surface area contributed by atoms with Crippen LogP contribution >= 0.6 is 0 Å². The third-order valence-electron chi connectivity index (χ3n) is 3.94. The van der Waals surface area contributed by atoms with Crippen LogP contribution in [-0.4, -0.2) is 49.6 Å². The van der Waals surface area contributed by atoms with Gasteiger partial charge in [-0.2, -0.15) is 0 Å². The zero-order chi connectivity index (χ0) is 20.8. The Morgan fingerprint density at radius 1 is 1.32 bits per heavy atom. The van der Waals surface area contributed by atoms with Crippen LogP contribution in [0.25, 0.3) is 0 Å². The predicted molar refractivity (Wildman–Crippen MR) is 110 cm³/mol. The van der Waals surface area contributed by atoms with Crippen molar-refractivity contribution in [3.63, 3.8) is 0 Å². The smallest absolute Gasteiger partial charge is 0.323 e. The third kappa shape index (κ3) is 9.39. The molecule has 1 heterocycles. The lowest BCUT2D eigenvalue weighted by molar-refractivity contribution is -0.153. The minimum Gasteiger partial charge on any atom is -0.508 e. The lowest BCUT2D eigenvalue weighted by Crippen LogP contribution is -2.40. The number of esters is 1. The Morgan fingerprint density at radius 3 is 2.61 bits per heavy atom. The molecule has 6 nitrogen and oxygen atoms in total. The summed E-state index contributed by atoms with van der Waals surface area (Å²) in [5.74, 6) is 0.721. The van der Waals surface area contributed by atoms with Crippen molar-refractivity contribution in [2.24, 2.45) is 0 Å². The number of hydrogen-bond acceptors (Lipinski definition) is 6. The minimum atomic E-state index is -0.306. The van der Waals surface area contributed by atoms with Crippen LogP contribution in [0.2, 0.25) is 0 Å². The van der Waals surface area contributed by atoms with Crippen LogP contribution in [0, 0.1) is 0 Å².